The van der Waals surface area contributed by atoms with Gasteiger partial charge in [0.05, 0.1) is 2.88 Å². The van der Waals surface area contributed by atoms with E-state index in [-0.39, 0.29) is 0 Å². The minimum Gasteiger partial charge on any atom is -0.306 e. The zero-order chi connectivity index (χ0) is 12.2. The molecule has 4 aliphatic carbocycles. The summed E-state index contributed by atoms with van der Waals surface area (Å²) >= 11 is 4.36. The number of thiophene rings is 1. The summed E-state index contributed by atoms with van der Waals surface area (Å²) in [4.78, 5) is 1.51. The molecule has 3 heteroatoms. The summed E-state index contributed by atoms with van der Waals surface area (Å²) in [5.74, 6) is 3.15. The fourth-order valence-electron chi connectivity index (χ4n) is 5.05. The number of hydrogen-bond acceptors (Lipinski definition) is 2. The summed E-state index contributed by atoms with van der Waals surface area (Å²) in [5.41, 5.74) is 0.518. The molecule has 0 saturated heterocycles. The Bertz CT molecular complexity index is 418. The average molecular weight is 373 g/mol. The molecule has 1 heterocycles. The van der Waals surface area contributed by atoms with E-state index in [1.807, 2.05) is 11.3 Å². The molecule has 1 aromatic rings. The van der Waals surface area contributed by atoms with Crippen molar-refractivity contribution in [3.05, 3.63) is 19.9 Å². The second-order valence-corrected chi connectivity index (χ2v) is 9.82. The third kappa shape index (κ3) is 2.16. The van der Waals surface area contributed by atoms with Crippen molar-refractivity contribution in [2.45, 2.75) is 50.6 Å². The van der Waals surface area contributed by atoms with Gasteiger partial charge in [-0.25, -0.2) is 0 Å². The van der Waals surface area contributed by atoms with E-state index in [0.717, 1.165) is 24.3 Å². The van der Waals surface area contributed by atoms with Crippen molar-refractivity contribution >= 4 is 33.9 Å². The van der Waals surface area contributed by atoms with Crippen LogP contribution in [0, 0.1) is 20.6 Å². The second-order valence-electron chi connectivity index (χ2n) is 6.76. The van der Waals surface area contributed by atoms with Crippen LogP contribution >= 0.6 is 33.9 Å². The molecule has 5 rings (SSSR count). The van der Waals surface area contributed by atoms with Crippen LogP contribution in [0.5, 0.6) is 0 Å². The van der Waals surface area contributed by atoms with Gasteiger partial charge in [-0.05, 0) is 91.0 Å². The molecule has 18 heavy (non-hydrogen) atoms. The van der Waals surface area contributed by atoms with Crippen molar-refractivity contribution < 1.29 is 0 Å². The molecule has 1 nitrogen and oxygen atoms in total. The third-order valence-electron chi connectivity index (χ3n) is 5.30. The van der Waals surface area contributed by atoms with Gasteiger partial charge in [0.25, 0.3) is 0 Å². The van der Waals surface area contributed by atoms with Crippen molar-refractivity contribution in [1.29, 1.82) is 0 Å². The van der Waals surface area contributed by atoms with Crippen LogP contribution < -0.4 is 5.32 Å². The Hall–Kier alpha value is 0.390. The summed E-state index contributed by atoms with van der Waals surface area (Å²) in [6.45, 7) is 1.10. The van der Waals surface area contributed by atoms with Gasteiger partial charge in [0.15, 0.2) is 0 Å². The summed E-state index contributed by atoms with van der Waals surface area (Å²) in [7, 11) is 0. The third-order valence-corrected chi connectivity index (χ3v) is 7.20. The molecule has 98 valence electrons. The Morgan fingerprint density at radius 1 is 1.11 bits per heavy atom. The minimum atomic E-state index is 0.518. The standard InChI is InChI=1S/C15H20INS/c16-14-2-1-13(18-14)9-17-15-6-10-3-11(7-15)5-12(4-10)8-15/h1-2,10-12,17H,3-9H2. The molecule has 0 atom stereocenters. The highest BCUT2D eigenvalue weighted by molar-refractivity contribution is 14.1. The van der Waals surface area contributed by atoms with Gasteiger partial charge in [-0.3, -0.25) is 0 Å². The zero-order valence-electron chi connectivity index (χ0n) is 10.6. The topological polar surface area (TPSA) is 12.0 Å². The Labute approximate surface area is 127 Å². The number of rotatable bonds is 3. The van der Waals surface area contributed by atoms with E-state index in [0.29, 0.717) is 5.54 Å². The van der Waals surface area contributed by atoms with Crippen LogP contribution in [0.3, 0.4) is 0 Å². The van der Waals surface area contributed by atoms with Crippen LogP contribution in [0.15, 0.2) is 12.1 Å². The second kappa shape index (κ2) is 4.45. The zero-order valence-corrected chi connectivity index (χ0v) is 13.6. The van der Waals surface area contributed by atoms with E-state index in [4.69, 9.17) is 0 Å². The highest BCUT2D eigenvalue weighted by atomic mass is 127. The molecule has 4 saturated carbocycles. The molecule has 4 fully saturated rings. The van der Waals surface area contributed by atoms with Crippen molar-refractivity contribution in [2.75, 3.05) is 0 Å². The van der Waals surface area contributed by atoms with E-state index in [9.17, 15) is 0 Å². The lowest BCUT2D eigenvalue weighted by molar-refractivity contribution is -0.0204. The highest BCUT2D eigenvalue weighted by Gasteiger charge is 2.50. The maximum atomic E-state index is 3.96. The van der Waals surface area contributed by atoms with Crippen molar-refractivity contribution in [1.82, 2.24) is 5.32 Å². The van der Waals surface area contributed by atoms with E-state index in [2.05, 4.69) is 40.0 Å². The first-order valence-corrected chi connectivity index (χ1v) is 9.10. The van der Waals surface area contributed by atoms with E-state index >= 15 is 0 Å². The first-order chi connectivity index (χ1) is 8.71. The minimum absolute atomic E-state index is 0.518. The molecule has 4 aliphatic rings. The number of hydrogen-bond donors (Lipinski definition) is 1. The lowest BCUT2D eigenvalue weighted by atomic mass is 9.53. The first-order valence-electron chi connectivity index (χ1n) is 7.20. The van der Waals surface area contributed by atoms with Gasteiger partial charge < -0.3 is 5.32 Å². The summed E-state index contributed by atoms with van der Waals surface area (Å²) in [6, 6.07) is 4.53. The lowest BCUT2D eigenvalue weighted by Gasteiger charge is -2.57. The molecule has 0 amide bonds. The number of halogens is 1. The Morgan fingerprint density at radius 3 is 2.22 bits per heavy atom. The number of nitrogens with one attached hydrogen (secondary N) is 1. The smallest absolute Gasteiger partial charge is 0.0656 e. The van der Waals surface area contributed by atoms with E-state index < -0.39 is 0 Å². The van der Waals surface area contributed by atoms with Crippen LogP contribution in [0.2, 0.25) is 0 Å². The van der Waals surface area contributed by atoms with Crippen LogP contribution in [0.25, 0.3) is 0 Å². The van der Waals surface area contributed by atoms with Crippen molar-refractivity contribution in [2.24, 2.45) is 17.8 Å². The lowest BCUT2D eigenvalue weighted by Crippen LogP contribution is -2.58. The molecule has 0 aliphatic heterocycles. The molecule has 0 aromatic carbocycles. The van der Waals surface area contributed by atoms with Gasteiger partial charge >= 0.3 is 0 Å². The fourth-order valence-corrected chi connectivity index (χ4v) is 6.74. The van der Waals surface area contributed by atoms with Crippen LogP contribution in [0.1, 0.15) is 43.4 Å². The highest BCUT2D eigenvalue weighted by Crippen LogP contribution is 2.55. The van der Waals surface area contributed by atoms with Gasteiger partial charge in [-0.1, -0.05) is 0 Å². The van der Waals surface area contributed by atoms with E-state index in [1.54, 1.807) is 0 Å². The molecule has 1 N–H and O–H groups in total. The molecule has 1 aromatic heterocycles. The van der Waals surface area contributed by atoms with Gasteiger partial charge in [0, 0.05) is 17.0 Å². The Morgan fingerprint density at radius 2 is 1.72 bits per heavy atom. The van der Waals surface area contributed by atoms with Crippen LogP contribution in [0.4, 0.5) is 0 Å². The predicted molar refractivity (Wildman–Crippen MR) is 84.8 cm³/mol. The van der Waals surface area contributed by atoms with Crippen LogP contribution in [-0.2, 0) is 6.54 Å². The largest absolute Gasteiger partial charge is 0.306 e. The van der Waals surface area contributed by atoms with Gasteiger partial charge in [0.1, 0.15) is 0 Å². The van der Waals surface area contributed by atoms with Crippen molar-refractivity contribution in [3.63, 3.8) is 0 Å². The van der Waals surface area contributed by atoms with Gasteiger partial charge in [-0.2, -0.15) is 0 Å². The SMILES string of the molecule is Ic1ccc(CNC23CC4CC(CC(C4)C2)C3)s1. The van der Waals surface area contributed by atoms with Crippen molar-refractivity contribution in [3.8, 4) is 0 Å². The normalized spacial score (nSPS) is 41.5. The van der Waals surface area contributed by atoms with Gasteiger partial charge in [0.2, 0.25) is 0 Å². The summed E-state index contributed by atoms with van der Waals surface area (Å²) in [6.07, 6.45) is 9.00. The molecule has 0 radical (unpaired) electrons. The molecule has 0 spiro atoms. The van der Waals surface area contributed by atoms with E-state index in [1.165, 1.54) is 46.3 Å². The predicted octanol–water partition coefficient (Wildman–Crippen LogP) is 4.41. The molecule has 4 bridgehead atoms. The maximum absolute atomic E-state index is 3.96. The monoisotopic (exact) mass is 373 g/mol. The fraction of sp³-hybridized carbons (Fsp3) is 0.733. The molecule has 0 unspecified atom stereocenters. The quantitative estimate of drug-likeness (QED) is 0.774. The first kappa shape index (κ1) is 12.2. The summed E-state index contributed by atoms with van der Waals surface area (Å²) < 4.78 is 1.41. The van der Waals surface area contributed by atoms with Crippen LogP contribution in [-0.4, -0.2) is 5.54 Å². The maximum Gasteiger partial charge on any atom is 0.0656 e. The summed E-state index contributed by atoms with van der Waals surface area (Å²) in [5, 5.41) is 3.96. The average Bonchev–Trinajstić information content (AvgIpc) is 2.71. The molecular formula is C15H20INS. The Kier molecular flexibility index (Phi) is 3.01. The van der Waals surface area contributed by atoms with Gasteiger partial charge in [-0.15, -0.1) is 11.3 Å². The molecular weight excluding hydrogens is 353 g/mol. The Balaban J connectivity index is 1.47.